The van der Waals surface area contributed by atoms with Crippen molar-refractivity contribution in [2.24, 2.45) is 0 Å². The number of aliphatic hydroxyl groups is 1. The highest BCUT2D eigenvalue weighted by Gasteiger charge is 2.07. The van der Waals surface area contributed by atoms with Crippen LogP contribution in [0.3, 0.4) is 0 Å². The maximum Gasteiger partial charge on any atom is 0.0702 e. The minimum absolute atomic E-state index is 0.0177. The number of anilines is 1. The van der Waals surface area contributed by atoms with E-state index in [2.05, 4.69) is 0 Å². The van der Waals surface area contributed by atoms with Crippen LogP contribution in [0.4, 0.5) is 5.69 Å². The number of benzene rings is 1. The zero-order chi connectivity index (χ0) is 11.3. The quantitative estimate of drug-likeness (QED) is 0.838. The second-order valence-corrected chi connectivity index (χ2v) is 3.78. The third-order valence-corrected chi connectivity index (χ3v) is 2.49. The van der Waals surface area contributed by atoms with Crippen LogP contribution >= 0.6 is 11.6 Å². The lowest BCUT2D eigenvalue weighted by atomic mass is 10.1. The van der Waals surface area contributed by atoms with Crippen molar-refractivity contribution in [2.75, 3.05) is 32.2 Å². The molecule has 0 bridgehead atoms. The Morgan fingerprint density at radius 1 is 1.47 bits per heavy atom. The maximum absolute atomic E-state index is 9.18. The Morgan fingerprint density at radius 3 is 2.80 bits per heavy atom. The van der Waals surface area contributed by atoms with Crippen LogP contribution < -0.4 is 4.90 Å². The van der Waals surface area contributed by atoms with Crippen molar-refractivity contribution in [2.45, 2.75) is 6.61 Å². The normalized spacial score (nSPS) is 10.4. The highest BCUT2D eigenvalue weighted by atomic mass is 35.5. The van der Waals surface area contributed by atoms with Crippen molar-refractivity contribution >= 4 is 17.3 Å². The van der Waals surface area contributed by atoms with Crippen LogP contribution in [0, 0.1) is 0 Å². The first-order valence-corrected chi connectivity index (χ1v) is 5.16. The Kier molecular flexibility index (Phi) is 4.88. The summed E-state index contributed by atoms with van der Waals surface area (Å²) in [5.74, 6) is 0. The van der Waals surface area contributed by atoms with Gasteiger partial charge in [-0.3, -0.25) is 0 Å². The molecule has 0 atom stereocenters. The van der Waals surface area contributed by atoms with Gasteiger partial charge in [-0.2, -0.15) is 0 Å². The van der Waals surface area contributed by atoms with Gasteiger partial charge in [0.15, 0.2) is 0 Å². The second-order valence-electron chi connectivity index (χ2n) is 3.35. The van der Waals surface area contributed by atoms with Crippen molar-refractivity contribution in [3.05, 3.63) is 28.8 Å². The number of ether oxygens (including phenoxy) is 1. The summed E-state index contributed by atoms with van der Waals surface area (Å²) in [6, 6.07) is 5.46. The van der Waals surface area contributed by atoms with Crippen LogP contribution in [-0.2, 0) is 11.3 Å². The molecule has 0 saturated carbocycles. The minimum Gasteiger partial charge on any atom is -0.392 e. The molecule has 1 N–H and O–H groups in total. The predicted octanol–water partition coefficient (Wildman–Crippen LogP) is 1.91. The number of nitrogens with zero attached hydrogens (tertiary/aromatic N) is 1. The number of rotatable bonds is 5. The molecule has 1 rings (SSSR count). The van der Waals surface area contributed by atoms with Crippen LogP contribution in [0.1, 0.15) is 5.56 Å². The van der Waals surface area contributed by atoms with Crippen molar-refractivity contribution in [3.63, 3.8) is 0 Å². The van der Waals surface area contributed by atoms with Gasteiger partial charge in [0.05, 0.1) is 13.2 Å². The van der Waals surface area contributed by atoms with Gasteiger partial charge in [0.1, 0.15) is 0 Å². The molecule has 15 heavy (non-hydrogen) atoms. The van der Waals surface area contributed by atoms with Crippen molar-refractivity contribution < 1.29 is 9.84 Å². The number of halogens is 1. The van der Waals surface area contributed by atoms with Crippen LogP contribution in [-0.4, -0.2) is 32.4 Å². The first-order chi connectivity index (χ1) is 7.19. The second kappa shape index (κ2) is 5.95. The average Bonchev–Trinajstić information content (AvgIpc) is 2.25. The summed E-state index contributed by atoms with van der Waals surface area (Å²) in [4.78, 5) is 2.01. The van der Waals surface area contributed by atoms with Crippen molar-refractivity contribution in [3.8, 4) is 0 Å². The van der Waals surface area contributed by atoms with Gasteiger partial charge < -0.3 is 14.7 Å². The topological polar surface area (TPSA) is 32.7 Å². The number of hydrogen-bond donors (Lipinski definition) is 1. The largest absolute Gasteiger partial charge is 0.392 e. The molecule has 0 heterocycles. The van der Waals surface area contributed by atoms with E-state index in [4.69, 9.17) is 16.3 Å². The number of aliphatic hydroxyl groups excluding tert-OH is 1. The average molecular weight is 230 g/mol. The molecule has 4 heteroatoms. The number of likely N-dealkylation sites (N-methyl/N-ethyl adjacent to an activating group) is 1. The Balaban J connectivity index is 2.85. The fourth-order valence-corrected chi connectivity index (χ4v) is 1.54. The van der Waals surface area contributed by atoms with E-state index in [1.165, 1.54) is 0 Å². The summed E-state index contributed by atoms with van der Waals surface area (Å²) in [5, 5.41) is 9.86. The summed E-state index contributed by atoms with van der Waals surface area (Å²) in [7, 11) is 3.61. The molecule has 0 spiro atoms. The SMILES string of the molecule is COCCN(C)c1cc(Cl)ccc1CO. The molecule has 0 unspecified atom stereocenters. The number of hydrogen-bond acceptors (Lipinski definition) is 3. The zero-order valence-electron chi connectivity index (χ0n) is 9.03. The molecule has 84 valence electrons. The molecule has 0 saturated heterocycles. The van der Waals surface area contributed by atoms with Gasteiger partial charge in [-0.15, -0.1) is 0 Å². The molecule has 0 aliphatic rings. The van der Waals surface area contributed by atoms with E-state index in [0.717, 1.165) is 17.8 Å². The molecule has 0 aliphatic heterocycles. The smallest absolute Gasteiger partial charge is 0.0702 e. The van der Waals surface area contributed by atoms with Gasteiger partial charge in [-0.05, 0) is 12.1 Å². The lowest BCUT2D eigenvalue weighted by Crippen LogP contribution is -2.23. The van der Waals surface area contributed by atoms with E-state index in [0.29, 0.717) is 11.6 Å². The molecule has 0 aromatic heterocycles. The molecule has 1 aromatic rings. The standard InChI is InChI=1S/C11H16ClNO2/c1-13(5-6-15-2)11-7-10(12)4-3-9(11)8-14/h3-4,7,14H,5-6,8H2,1-2H3. The van der Waals surface area contributed by atoms with E-state index < -0.39 is 0 Å². The molecule has 0 amide bonds. The Morgan fingerprint density at radius 2 is 2.20 bits per heavy atom. The summed E-state index contributed by atoms with van der Waals surface area (Å²) in [6.07, 6.45) is 0. The Labute approximate surface area is 95.2 Å². The highest BCUT2D eigenvalue weighted by Crippen LogP contribution is 2.23. The molecule has 0 fully saturated rings. The summed E-state index contributed by atoms with van der Waals surface area (Å²) >= 11 is 5.91. The van der Waals surface area contributed by atoms with E-state index in [1.54, 1.807) is 13.2 Å². The zero-order valence-corrected chi connectivity index (χ0v) is 9.79. The molecule has 0 aliphatic carbocycles. The third kappa shape index (κ3) is 3.38. The minimum atomic E-state index is 0.0177. The molecule has 3 nitrogen and oxygen atoms in total. The van der Waals surface area contributed by atoms with Gasteiger partial charge in [0, 0.05) is 37.0 Å². The number of methoxy groups -OCH3 is 1. The van der Waals surface area contributed by atoms with E-state index in [1.807, 2.05) is 24.1 Å². The molecular weight excluding hydrogens is 214 g/mol. The van der Waals surface area contributed by atoms with Gasteiger partial charge in [0.2, 0.25) is 0 Å². The first kappa shape index (κ1) is 12.3. The van der Waals surface area contributed by atoms with Gasteiger partial charge in [0.25, 0.3) is 0 Å². The first-order valence-electron chi connectivity index (χ1n) is 4.78. The Hall–Kier alpha value is -0.770. The van der Waals surface area contributed by atoms with Crippen LogP contribution in [0.5, 0.6) is 0 Å². The van der Waals surface area contributed by atoms with E-state index >= 15 is 0 Å². The van der Waals surface area contributed by atoms with Crippen molar-refractivity contribution in [1.82, 2.24) is 0 Å². The highest BCUT2D eigenvalue weighted by molar-refractivity contribution is 6.30. The fraction of sp³-hybridized carbons (Fsp3) is 0.455. The predicted molar refractivity (Wildman–Crippen MR) is 62.5 cm³/mol. The third-order valence-electron chi connectivity index (χ3n) is 2.26. The molecular formula is C11H16ClNO2. The molecule has 1 aromatic carbocycles. The van der Waals surface area contributed by atoms with Gasteiger partial charge in [-0.25, -0.2) is 0 Å². The molecule has 0 radical (unpaired) electrons. The van der Waals surface area contributed by atoms with Crippen LogP contribution in [0.2, 0.25) is 5.02 Å². The summed E-state index contributed by atoms with van der Waals surface area (Å²) < 4.78 is 5.00. The monoisotopic (exact) mass is 229 g/mol. The lowest BCUT2D eigenvalue weighted by molar-refractivity contribution is 0.206. The van der Waals surface area contributed by atoms with Gasteiger partial charge in [-0.1, -0.05) is 17.7 Å². The van der Waals surface area contributed by atoms with E-state index in [9.17, 15) is 5.11 Å². The Bertz CT molecular complexity index is 317. The summed E-state index contributed by atoms with van der Waals surface area (Å²) in [5.41, 5.74) is 1.82. The maximum atomic E-state index is 9.18. The van der Waals surface area contributed by atoms with Crippen LogP contribution in [0.15, 0.2) is 18.2 Å². The summed E-state index contributed by atoms with van der Waals surface area (Å²) in [6.45, 7) is 1.43. The van der Waals surface area contributed by atoms with Gasteiger partial charge >= 0.3 is 0 Å². The fourth-order valence-electron chi connectivity index (χ4n) is 1.37. The van der Waals surface area contributed by atoms with E-state index in [-0.39, 0.29) is 6.61 Å². The van der Waals surface area contributed by atoms with Crippen molar-refractivity contribution in [1.29, 1.82) is 0 Å². The lowest BCUT2D eigenvalue weighted by Gasteiger charge is -2.21. The van der Waals surface area contributed by atoms with Crippen LogP contribution in [0.25, 0.3) is 0 Å².